The number of methoxy groups -OCH3 is 1. The van der Waals surface area contributed by atoms with Crippen molar-refractivity contribution in [1.29, 1.82) is 0 Å². The van der Waals surface area contributed by atoms with Gasteiger partial charge in [-0.1, -0.05) is 43.0 Å². The van der Waals surface area contributed by atoms with Gasteiger partial charge in [-0.05, 0) is 30.3 Å². The minimum atomic E-state index is -1.11. The van der Waals surface area contributed by atoms with E-state index in [1.807, 2.05) is 35.0 Å². The van der Waals surface area contributed by atoms with Crippen molar-refractivity contribution in [2.45, 2.75) is 42.2 Å². The zero-order valence-corrected chi connectivity index (χ0v) is 18.6. The molecule has 3 aromatic rings. The van der Waals surface area contributed by atoms with Crippen LogP contribution in [0.3, 0.4) is 0 Å². The molecule has 27 heavy (non-hydrogen) atoms. The highest BCUT2D eigenvalue weighted by Gasteiger charge is 2.16. The van der Waals surface area contributed by atoms with Gasteiger partial charge in [-0.2, -0.15) is 0 Å². The van der Waals surface area contributed by atoms with Gasteiger partial charge in [-0.3, -0.25) is 0 Å². The Balaban J connectivity index is 1.82. The number of aromatic nitrogens is 3. The first-order chi connectivity index (χ1) is 12.9. The second-order valence-corrected chi connectivity index (χ2v) is 14.5. The van der Waals surface area contributed by atoms with E-state index in [-0.39, 0.29) is 0 Å². The van der Waals surface area contributed by atoms with Crippen LogP contribution in [0, 0.1) is 0 Å². The first kappa shape index (κ1) is 20.2. The third-order valence-corrected chi connectivity index (χ3v) is 7.11. The van der Waals surface area contributed by atoms with Gasteiger partial charge in [0.2, 0.25) is 0 Å². The Bertz CT molecular complexity index is 910. The molecule has 144 valence electrons. The molecule has 0 radical (unpaired) electrons. The summed E-state index contributed by atoms with van der Waals surface area (Å²) in [5.74, 6) is 0.832. The average molecular weight is 422 g/mol. The number of ether oxygens (including phenoxy) is 2. The fourth-order valence-corrected chi connectivity index (χ4v) is 4.58. The van der Waals surface area contributed by atoms with Gasteiger partial charge in [-0.25, -0.2) is 9.97 Å². The van der Waals surface area contributed by atoms with Crippen molar-refractivity contribution >= 4 is 42.5 Å². The maximum Gasteiger partial charge on any atom is 0.147 e. The van der Waals surface area contributed by atoms with Crippen molar-refractivity contribution in [3.05, 3.63) is 41.9 Å². The maximum atomic E-state index is 6.38. The van der Waals surface area contributed by atoms with Crippen LogP contribution in [-0.4, -0.2) is 36.3 Å². The van der Waals surface area contributed by atoms with Crippen LogP contribution in [0.15, 0.2) is 46.6 Å². The highest BCUT2D eigenvalue weighted by Crippen LogP contribution is 2.37. The lowest BCUT2D eigenvalue weighted by molar-refractivity contribution is 0.0896. The van der Waals surface area contributed by atoms with E-state index in [4.69, 9.17) is 21.1 Å². The largest absolute Gasteiger partial charge is 0.497 e. The van der Waals surface area contributed by atoms with E-state index in [0.717, 1.165) is 39.2 Å². The van der Waals surface area contributed by atoms with E-state index in [2.05, 4.69) is 29.6 Å². The quantitative estimate of drug-likeness (QED) is 0.271. The summed E-state index contributed by atoms with van der Waals surface area (Å²) in [6.45, 7) is 8.25. The number of benzene rings is 1. The van der Waals surface area contributed by atoms with E-state index in [9.17, 15) is 0 Å². The number of fused-ring (bicyclic) bond motifs is 1. The Labute approximate surface area is 170 Å². The molecule has 2 heterocycles. The summed E-state index contributed by atoms with van der Waals surface area (Å²) in [6, 6.07) is 9.07. The highest BCUT2D eigenvalue weighted by molar-refractivity contribution is 7.99. The van der Waals surface area contributed by atoms with Crippen LogP contribution in [0.1, 0.15) is 0 Å². The fraction of sp³-hybridized carbons (Fsp3) is 0.368. The summed E-state index contributed by atoms with van der Waals surface area (Å²) >= 11 is 8.00. The Morgan fingerprint density at radius 1 is 1.15 bits per heavy atom. The van der Waals surface area contributed by atoms with E-state index < -0.39 is 8.07 Å². The van der Waals surface area contributed by atoms with Crippen molar-refractivity contribution in [3.63, 3.8) is 0 Å². The van der Waals surface area contributed by atoms with Crippen LogP contribution in [0.2, 0.25) is 30.8 Å². The number of rotatable bonds is 8. The van der Waals surface area contributed by atoms with Crippen molar-refractivity contribution in [2.75, 3.05) is 13.7 Å². The molecule has 0 saturated heterocycles. The Hall–Kier alpha value is -1.54. The van der Waals surface area contributed by atoms with Crippen LogP contribution >= 0.6 is 23.4 Å². The summed E-state index contributed by atoms with van der Waals surface area (Å²) in [4.78, 5) is 10.7. The Morgan fingerprint density at radius 2 is 1.89 bits per heavy atom. The van der Waals surface area contributed by atoms with Crippen molar-refractivity contribution in [2.24, 2.45) is 0 Å². The Kier molecular flexibility index (Phi) is 6.47. The molecule has 0 amide bonds. The lowest BCUT2D eigenvalue weighted by Gasteiger charge is -2.15. The third kappa shape index (κ3) is 5.25. The van der Waals surface area contributed by atoms with Crippen LogP contribution in [0.5, 0.6) is 5.75 Å². The predicted octanol–water partition coefficient (Wildman–Crippen LogP) is 5.56. The monoisotopic (exact) mass is 421 g/mol. The lowest BCUT2D eigenvalue weighted by Crippen LogP contribution is -2.22. The Morgan fingerprint density at radius 3 is 2.56 bits per heavy atom. The number of hydrogen-bond donors (Lipinski definition) is 0. The molecular weight excluding hydrogens is 398 g/mol. The molecule has 0 unspecified atom stereocenters. The van der Waals surface area contributed by atoms with Gasteiger partial charge in [0.05, 0.1) is 12.5 Å². The highest BCUT2D eigenvalue weighted by atomic mass is 35.5. The SMILES string of the molecule is COc1ccc(Sc2cn(COCC[Si](C)(C)C)c3ncnc(Cl)c23)cc1. The standard InChI is InChI=1S/C19H24ClN3O2SSi/c1-24-14-5-7-15(8-6-14)26-16-11-23(13-25-9-10-27(2,3)4)19-17(16)18(20)21-12-22-19/h5-8,11-12H,9-10,13H2,1-4H3. The second-order valence-electron chi connectivity index (χ2n) is 7.45. The smallest absolute Gasteiger partial charge is 0.147 e. The molecule has 0 aliphatic rings. The van der Waals surface area contributed by atoms with Crippen LogP contribution in [0.25, 0.3) is 11.0 Å². The summed E-state index contributed by atoms with van der Waals surface area (Å²) in [7, 11) is 0.555. The van der Waals surface area contributed by atoms with Crippen LogP contribution < -0.4 is 4.74 Å². The maximum absolute atomic E-state index is 6.38. The molecule has 0 bridgehead atoms. The topological polar surface area (TPSA) is 49.2 Å². The molecule has 0 spiro atoms. The van der Waals surface area contributed by atoms with Gasteiger partial charge in [0.15, 0.2) is 0 Å². The third-order valence-electron chi connectivity index (χ3n) is 4.09. The fourth-order valence-electron chi connectivity index (χ4n) is 2.54. The predicted molar refractivity (Wildman–Crippen MR) is 114 cm³/mol. The number of nitrogens with zero attached hydrogens (tertiary/aromatic N) is 3. The minimum absolute atomic E-state index is 0.455. The normalized spacial score (nSPS) is 11.9. The number of hydrogen-bond acceptors (Lipinski definition) is 5. The van der Waals surface area contributed by atoms with Crippen LogP contribution in [0.4, 0.5) is 0 Å². The van der Waals surface area contributed by atoms with Gasteiger partial charge in [0.25, 0.3) is 0 Å². The lowest BCUT2D eigenvalue weighted by atomic mass is 10.3. The zero-order valence-electron chi connectivity index (χ0n) is 16.0. The van der Waals surface area contributed by atoms with Crippen molar-refractivity contribution in [1.82, 2.24) is 14.5 Å². The minimum Gasteiger partial charge on any atom is -0.497 e. The van der Waals surface area contributed by atoms with E-state index >= 15 is 0 Å². The molecule has 5 nitrogen and oxygen atoms in total. The molecule has 0 aliphatic heterocycles. The van der Waals surface area contributed by atoms with Gasteiger partial charge in [0.1, 0.15) is 29.6 Å². The van der Waals surface area contributed by atoms with Crippen molar-refractivity contribution in [3.8, 4) is 5.75 Å². The molecular formula is C19H24ClN3O2SSi. The molecule has 8 heteroatoms. The average Bonchev–Trinajstić information content (AvgIpc) is 2.97. The molecule has 0 atom stereocenters. The van der Waals surface area contributed by atoms with E-state index in [1.54, 1.807) is 18.9 Å². The van der Waals surface area contributed by atoms with E-state index in [0.29, 0.717) is 11.9 Å². The zero-order chi connectivity index (χ0) is 19.4. The summed E-state index contributed by atoms with van der Waals surface area (Å²) in [5.41, 5.74) is 0.791. The van der Waals surface area contributed by atoms with Crippen molar-refractivity contribution < 1.29 is 9.47 Å². The second kappa shape index (κ2) is 8.64. The number of halogens is 1. The summed E-state index contributed by atoms with van der Waals surface area (Å²) in [6.07, 6.45) is 3.53. The first-order valence-corrected chi connectivity index (χ1v) is 13.7. The van der Waals surface area contributed by atoms with E-state index in [1.165, 1.54) is 6.33 Å². The van der Waals surface area contributed by atoms with Gasteiger partial charge < -0.3 is 14.0 Å². The molecule has 2 aromatic heterocycles. The van der Waals surface area contributed by atoms with Gasteiger partial charge in [0, 0.05) is 30.7 Å². The van der Waals surface area contributed by atoms with Gasteiger partial charge in [-0.15, -0.1) is 0 Å². The molecule has 1 aromatic carbocycles. The molecule has 0 fully saturated rings. The summed E-state index contributed by atoms with van der Waals surface area (Å²) < 4.78 is 13.1. The molecule has 0 N–H and O–H groups in total. The van der Waals surface area contributed by atoms with Gasteiger partial charge >= 0.3 is 0 Å². The van der Waals surface area contributed by atoms with Crippen LogP contribution in [-0.2, 0) is 11.5 Å². The molecule has 0 aliphatic carbocycles. The first-order valence-electron chi connectivity index (χ1n) is 8.76. The molecule has 3 rings (SSSR count). The summed E-state index contributed by atoms with van der Waals surface area (Å²) in [5, 5.41) is 1.31. The molecule has 0 saturated carbocycles.